The van der Waals surface area contributed by atoms with Crippen LogP contribution in [0.5, 0.6) is 0 Å². The van der Waals surface area contributed by atoms with Crippen molar-refractivity contribution >= 4 is 47.4 Å². The predicted molar refractivity (Wildman–Crippen MR) is 169 cm³/mol. The van der Waals surface area contributed by atoms with Crippen molar-refractivity contribution in [1.82, 2.24) is 19.7 Å². The van der Waals surface area contributed by atoms with E-state index in [-0.39, 0.29) is 41.2 Å². The maximum atomic E-state index is 13.6. The molecule has 8 nitrogen and oxygen atoms in total. The van der Waals surface area contributed by atoms with Crippen LogP contribution in [0.15, 0.2) is 47.5 Å². The van der Waals surface area contributed by atoms with Gasteiger partial charge in [-0.3, -0.25) is 9.48 Å². The number of hydrogen-bond acceptors (Lipinski definition) is 7. The lowest BCUT2D eigenvalue weighted by Gasteiger charge is -2.45. The molecule has 11 heteroatoms. The van der Waals surface area contributed by atoms with Gasteiger partial charge in [-0.1, -0.05) is 81.2 Å². The molecule has 1 saturated carbocycles. The fourth-order valence-corrected chi connectivity index (χ4v) is 12.9. The highest BCUT2D eigenvalue weighted by atomic mass is 79.9. The molecule has 41 heavy (non-hydrogen) atoms. The topological polar surface area (TPSA) is 102 Å². The number of aromatic nitrogens is 4. The predicted octanol–water partition coefficient (Wildman–Crippen LogP) is 7.11. The minimum absolute atomic E-state index is 0.0126. The molecule has 3 atom stereocenters. The molecule has 0 amide bonds. The van der Waals surface area contributed by atoms with Gasteiger partial charge < -0.3 is 14.8 Å². The van der Waals surface area contributed by atoms with Gasteiger partial charge in [0.2, 0.25) is 14.1 Å². The third-order valence-corrected chi connectivity index (χ3v) is 15.3. The lowest BCUT2D eigenvalue weighted by molar-refractivity contribution is 0.0941. The highest BCUT2D eigenvalue weighted by Gasteiger charge is 2.49. The first-order valence-corrected chi connectivity index (χ1v) is 17.6. The van der Waals surface area contributed by atoms with Crippen LogP contribution in [-0.2, 0) is 11.0 Å². The van der Waals surface area contributed by atoms with Gasteiger partial charge in [0.25, 0.3) is 0 Å². The van der Waals surface area contributed by atoms with Crippen LogP contribution in [0, 0.1) is 5.92 Å². The number of aliphatic hydroxyl groups excluding tert-OH is 1. The molecule has 222 valence electrons. The number of halogens is 2. The van der Waals surface area contributed by atoms with Gasteiger partial charge in [-0.25, -0.2) is 9.97 Å². The van der Waals surface area contributed by atoms with Crippen molar-refractivity contribution in [3.63, 3.8) is 0 Å². The van der Waals surface area contributed by atoms with Crippen molar-refractivity contribution in [1.29, 1.82) is 0 Å². The first-order chi connectivity index (χ1) is 19.5. The fourth-order valence-electron chi connectivity index (χ4n) is 6.60. The molecule has 4 rings (SSSR count). The Morgan fingerprint density at radius 2 is 1.90 bits per heavy atom. The molecule has 1 aliphatic rings. The van der Waals surface area contributed by atoms with Crippen LogP contribution >= 0.6 is 27.5 Å². The number of benzene rings is 1. The third-order valence-electron chi connectivity index (χ3n) is 8.39. The molecule has 2 aromatic heterocycles. The minimum Gasteiger partial charge on any atom is -0.413 e. The number of carbonyl (C=O) groups is 1. The number of ketones is 1. The summed E-state index contributed by atoms with van der Waals surface area (Å²) in [4.78, 5) is 22.2. The van der Waals surface area contributed by atoms with E-state index in [1.807, 2.05) is 24.3 Å². The van der Waals surface area contributed by atoms with Gasteiger partial charge >= 0.3 is 0 Å². The van der Waals surface area contributed by atoms with Crippen molar-refractivity contribution in [2.24, 2.45) is 5.92 Å². The normalized spacial score (nSPS) is 19.5. The first-order valence-electron chi connectivity index (χ1n) is 14.3. The maximum absolute atomic E-state index is 13.6. The average molecular weight is 663 g/mol. The summed E-state index contributed by atoms with van der Waals surface area (Å²) in [7, 11) is -2.13. The van der Waals surface area contributed by atoms with Crippen LogP contribution in [0.3, 0.4) is 0 Å². The Morgan fingerprint density at radius 3 is 2.54 bits per heavy atom. The van der Waals surface area contributed by atoms with Gasteiger partial charge in [-0.05, 0) is 47.2 Å². The Morgan fingerprint density at radius 1 is 1.20 bits per heavy atom. The van der Waals surface area contributed by atoms with E-state index in [1.165, 1.54) is 12.5 Å². The van der Waals surface area contributed by atoms with Crippen molar-refractivity contribution in [3.8, 4) is 0 Å². The molecular formula is C30H41BrClN5O3Si. The fraction of sp³-hybridized carbons (Fsp3) is 0.533. The van der Waals surface area contributed by atoms with Gasteiger partial charge in [-0.2, -0.15) is 5.10 Å². The van der Waals surface area contributed by atoms with Gasteiger partial charge in [0.1, 0.15) is 12.1 Å². The van der Waals surface area contributed by atoms with Crippen molar-refractivity contribution in [2.75, 3.05) is 11.9 Å². The molecule has 0 saturated heterocycles. The summed E-state index contributed by atoms with van der Waals surface area (Å²) in [6, 6.07) is 7.88. The van der Waals surface area contributed by atoms with E-state index < -0.39 is 8.32 Å². The van der Waals surface area contributed by atoms with Crippen molar-refractivity contribution in [2.45, 2.75) is 89.7 Å². The molecule has 1 aromatic carbocycles. The van der Waals surface area contributed by atoms with Crippen LogP contribution in [0.2, 0.25) is 21.6 Å². The lowest BCUT2D eigenvalue weighted by Crippen LogP contribution is -2.51. The molecule has 0 radical (unpaired) electrons. The second-order valence-corrected chi connectivity index (χ2v) is 18.7. The molecule has 1 fully saturated rings. The summed E-state index contributed by atoms with van der Waals surface area (Å²) in [5.41, 5.74) is 2.84. The summed E-state index contributed by atoms with van der Waals surface area (Å²) in [5, 5.41) is 18.5. The van der Waals surface area contributed by atoms with E-state index >= 15 is 0 Å². The number of nitrogens with zero attached hydrogens (tertiary/aromatic N) is 4. The Kier molecular flexibility index (Phi) is 10.4. The zero-order valence-corrected chi connectivity index (χ0v) is 28.0. The Labute approximate surface area is 257 Å². The van der Waals surface area contributed by atoms with Gasteiger partial charge in [-0.15, -0.1) is 0 Å². The standard InChI is InChI=1S/C30H41BrClN5O3Si/c1-18(2)41(19(3)4,20(5)6)40-27-12-24(11-22(27)16-38)35-30-25(13-33-17-34-30)29(39)28-26(32)15-37(36-28)14-21-8-7-9-23(31)10-21/h7-10,13,15,17-20,22,24,27,38H,11-12,14,16H2,1-6H3,(H,33,34,35)/t22-,24-,27+/m1/s1. The number of aliphatic hydroxyl groups is 1. The van der Waals surface area contributed by atoms with E-state index in [0.717, 1.165) is 22.9 Å². The maximum Gasteiger partial charge on any atom is 0.220 e. The molecule has 0 unspecified atom stereocenters. The first kappa shape index (κ1) is 31.8. The van der Waals surface area contributed by atoms with Crippen LogP contribution in [0.25, 0.3) is 0 Å². The second kappa shape index (κ2) is 13.5. The lowest BCUT2D eigenvalue weighted by atomic mass is 10.1. The van der Waals surface area contributed by atoms with E-state index in [0.29, 0.717) is 34.5 Å². The SMILES string of the molecule is CC(C)[Si](O[C@H]1C[C@H](Nc2ncncc2C(=O)c2nn(Cc3cccc(Br)c3)cc2Cl)C[C@@H]1CO)(C(C)C)C(C)C. The highest BCUT2D eigenvalue weighted by molar-refractivity contribution is 9.10. The number of rotatable bonds is 12. The molecule has 2 N–H and O–H groups in total. The summed E-state index contributed by atoms with van der Waals surface area (Å²) in [6.45, 7) is 14.2. The molecular weight excluding hydrogens is 622 g/mol. The van der Waals surface area contributed by atoms with Crippen LogP contribution in [0.1, 0.15) is 76.0 Å². The Balaban J connectivity index is 1.53. The summed E-state index contributed by atoms with van der Waals surface area (Å²) < 4.78 is 9.71. The summed E-state index contributed by atoms with van der Waals surface area (Å²) >= 11 is 9.98. The Hall–Kier alpha value is -2.11. The third kappa shape index (κ3) is 6.93. The minimum atomic E-state index is -2.13. The number of anilines is 1. The van der Waals surface area contributed by atoms with Crippen LogP contribution < -0.4 is 5.32 Å². The molecule has 1 aliphatic carbocycles. The van der Waals surface area contributed by atoms with Crippen molar-refractivity contribution in [3.05, 3.63) is 69.3 Å². The van der Waals surface area contributed by atoms with Gasteiger partial charge in [0, 0.05) is 35.4 Å². The van der Waals surface area contributed by atoms with Crippen LogP contribution in [0.4, 0.5) is 5.82 Å². The number of nitrogens with one attached hydrogen (secondary N) is 1. The second-order valence-electron chi connectivity index (χ2n) is 12.0. The molecule has 0 bridgehead atoms. The van der Waals surface area contributed by atoms with E-state index in [1.54, 1.807) is 10.9 Å². The summed E-state index contributed by atoms with van der Waals surface area (Å²) in [5.74, 6) is 0.103. The molecule has 3 aromatic rings. The molecule has 0 spiro atoms. The largest absolute Gasteiger partial charge is 0.413 e. The van der Waals surface area contributed by atoms with Crippen LogP contribution in [-0.4, -0.2) is 57.7 Å². The van der Waals surface area contributed by atoms with Gasteiger partial charge in [0.15, 0.2) is 5.69 Å². The van der Waals surface area contributed by atoms with E-state index in [2.05, 4.69) is 77.9 Å². The Bertz CT molecular complexity index is 1330. The van der Waals surface area contributed by atoms with Crippen molar-refractivity contribution < 1.29 is 14.3 Å². The average Bonchev–Trinajstić information content (AvgIpc) is 3.48. The molecule has 2 heterocycles. The summed E-state index contributed by atoms with van der Waals surface area (Å²) in [6.07, 6.45) is 5.98. The van der Waals surface area contributed by atoms with E-state index in [9.17, 15) is 9.90 Å². The zero-order chi connectivity index (χ0) is 29.9. The quantitative estimate of drug-likeness (QED) is 0.157. The smallest absolute Gasteiger partial charge is 0.220 e. The number of carbonyl (C=O) groups excluding carboxylic acids is 1. The highest BCUT2D eigenvalue weighted by Crippen LogP contribution is 2.46. The van der Waals surface area contributed by atoms with E-state index in [4.69, 9.17) is 16.0 Å². The zero-order valence-electron chi connectivity index (χ0n) is 24.6. The molecule has 0 aliphatic heterocycles. The monoisotopic (exact) mass is 661 g/mol. The number of hydrogen-bond donors (Lipinski definition) is 2. The van der Waals surface area contributed by atoms with Gasteiger partial charge in [0.05, 0.1) is 23.2 Å².